The lowest BCUT2D eigenvalue weighted by atomic mass is 10.1. The molecule has 178 valence electrons. The number of halogens is 2. The van der Waals surface area contributed by atoms with Crippen LogP contribution in [-0.2, 0) is 0 Å². The van der Waals surface area contributed by atoms with Crippen molar-refractivity contribution in [2.45, 2.75) is 32.5 Å². The maximum atomic E-state index is 14.6. The summed E-state index contributed by atoms with van der Waals surface area (Å²) in [6, 6.07) is 2.92. The average molecular weight is 487 g/mol. The lowest BCUT2D eigenvalue weighted by molar-refractivity contribution is 0.138. The van der Waals surface area contributed by atoms with Crippen molar-refractivity contribution in [2.24, 2.45) is 10.2 Å². The van der Waals surface area contributed by atoms with Gasteiger partial charge in [0.25, 0.3) is 0 Å². The molecule has 0 aromatic carbocycles. The van der Waals surface area contributed by atoms with Crippen molar-refractivity contribution in [1.82, 2.24) is 30.2 Å². The number of carbonyl (C=O) groups is 1. The molecule has 0 saturated carbocycles. The van der Waals surface area contributed by atoms with Crippen LogP contribution in [0.5, 0.6) is 0 Å². The first kappa shape index (κ1) is 22.3. The Morgan fingerprint density at radius 3 is 2.74 bits per heavy atom. The van der Waals surface area contributed by atoms with E-state index >= 15 is 0 Å². The van der Waals surface area contributed by atoms with Crippen molar-refractivity contribution in [3.63, 3.8) is 0 Å². The first-order chi connectivity index (χ1) is 16.4. The van der Waals surface area contributed by atoms with Crippen LogP contribution in [-0.4, -0.2) is 75.3 Å². The summed E-state index contributed by atoms with van der Waals surface area (Å²) < 4.78 is 14.6. The second-order valence-corrected chi connectivity index (χ2v) is 8.62. The SMILES string of the molecule is CC1=NN(c2ncc(F)c(N3CCN(C(=O)N4N=CCC4c4ncccc4Cl)CC3)n2)C(C)N1. The van der Waals surface area contributed by atoms with E-state index in [2.05, 4.69) is 30.5 Å². The van der Waals surface area contributed by atoms with Gasteiger partial charge in [0.1, 0.15) is 18.0 Å². The number of hydrogen-bond donors (Lipinski definition) is 1. The number of nitrogens with one attached hydrogen (secondary N) is 1. The normalized spacial score (nSPS) is 22.3. The van der Waals surface area contributed by atoms with Gasteiger partial charge in [0.05, 0.1) is 16.9 Å². The number of hydrazone groups is 2. The number of amidine groups is 1. The molecule has 1 fully saturated rings. The van der Waals surface area contributed by atoms with E-state index in [-0.39, 0.29) is 24.1 Å². The van der Waals surface area contributed by atoms with Gasteiger partial charge in [-0.25, -0.2) is 24.2 Å². The first-order valence-corrected chi connectivity index (χ1v) is 11.4. The standard InChI is InChI=1S/C21H24ClFN10O/c1-13-27-14(2)32(29-13)20-25-12-16(23)19(28-20)30-8-10-31(11-9-30)21(34)33-17(5-7-26-33)18-15(22)4-3-6-24-18/h3-4,6-7,12,14,17H,5,8-11H2,1-2H3,(H,27,29). The number of aromatic nitrogens is 3. The van der Waals surface area contributed by atoms with Gasteiger partial charge >= 0.3 is 6.03 Å². The summed E-state index contributed by atoms with van der Waals surface area (Å²) in [5, 5.41) is 15.3. The molecule has 3 aliphatic rings. The van der Waals surface area contributed by atoms with E-state index in [1.165, 1.54) is 5.01 Å². The van der Waals surface area contributed by atoms with Crippen LogP contribution in [0.2, 0.25) is 5.02 Å². The lowest BCUT2D eigenvalue weighted by Crippen LogP contribution is -2.52. The zero-order valence-electron chi connectivity index (χ0n) is 18.8. The molecule has 1 saturated heterocycles. The van der Waals surface area contributed by atoms with E-state index < -0.39 is 5.82 Å². The summed E-state index contributed by atoms with van der Waals surface area (Å²) in [5.74, 6) is 0.733. The van der Waals surface area contributed by atoms with Crippen LogP contribution < -0.4 is 15.2 Å². The van der Waals surface area contributed by atoms with Gasteiger partial charge in [-0.3, -0.25) is 4.98 Å². The van der Waals surface area contributed by atoms with E-state index in [1.807, 2.05) is 18.7 Å². The van der Waals surface area contributed by atoms with Gasteiger partial charge in [-0.15, -0.1) is 0 Å². The summed E-state index contributed by atoms with van der Waals surface area (Å²) in [5.41, 5.74) is 0.618. The van der Waals surface area contributed by atoms with E-state index in [4.69, 9.17) is 11.6 Å². The Hall–Kier alpha value is -3.54. The summed E-state index contributed by atoms with van der Waals surface area (Å²) >= 11 is 6.30. The fourth-order valence-electron chi connectivity index (χ4n) is 4.26. The van der Waals surface area contributed by atoms with Crippen molar-refractivity contribution < 1.29 is 9.18 Å². The molecular weight excluding hydrogens is 463 g/mol. The van der Waals surface area contributed by atoms with Crippen molar-refractivity contribution in [3.8, 4) is 0 Å². The summed E-state index contributed by atoms with van der Waals surface area (Å²) in [6.45, 7) is 5.39. The van der Waals surface area contributed by atoms with Gasteiger partial charge < -0.3 is 15.1 Å². The highest BCUT2D eigenvalue weighted by atomic mass is 35.5. The molecule has 0 aliphatic carbocycles. The maximum Gasteiger partial charge on any atom is 0.341 e. The molecular formula is C21H24ClFN10O. The average Bonchev–Trinajstić information content (AvgIpc) is 3.45. The minimum Gasteiger partial charge on any atom is -0.351 e. The minimum atomic E-state index is -0.516. The van der Waals surface area contributed by atoms with Crippen LogP contribution in [0.15, 0.2) is 34.7 Å². The third-order valence-corrected chi connectivity index (χ3v) is 6.26. The molecule has 1 N–H and O–H groups in total. The molecule has 5 rings (SSSR count). The van der Waals surface area contributed by atoms with Crippen LogP contribution in [0.1, 0.15) is 32.0 Å². The van der Waals surface area contributed by atoms with Gasteiger partial charge in [0.15, 0.2) is 11.6 Å². The largest absolute Gasteiger partial charge is 0.351 e. The van der Waals surface area contributed by atoms with Crippen LogP contribution in [0.25, 0.3) is 0 Å². The number of nitrogens with zero attached hydrogens (tertiary/aromatic N) is 9. The fraction of sp³-hybridized carbons (Fsp3) is 0.429. The maximum absolute atomic E-state index is 14.6. The van der Waals surface area contributed by atoms with Crippen LogP contribution in [0.4, 0.5) is 21.0 Å². The first-order valence-electron chi connectivity index (χ1n) is 11.0. The highest BCUT2D eigenvalue weighted by Gasteiger charge is 2.35. The number of urea groups is 1. The lowest BCUT2D eigenvalue weighted by Gasteiger charge is -2.37. The molecule has 2 aromatic rings. The molecule has 0 spiro atoms. The number of carbonyl (C=O) groups excluding carboxylic acids is 1. The molecule has 11 nitrogen and oxygen atoms in total. The molecule has 13 heteroatoms. The Morgan fingerprint density at radius 2 is 2.03 bits per heavy atom. The molecule has 3 aliphatic heterocycles. The van der Waals surface area contributed by atoms with Gasteiger partial charge in [-0.1, -0.05) is 11.6 Å². The second-order valence-electron chi connectivity index (χ2n) is 8.21. The summed E-state index contributed by atoms with van der Waals surface area (Å²) in [6.07, 6.45) is 4.92. The van der Waals surface area contributed by atoms with Gasteiger partial charge in [-0.2, -0.15) is 15.2 Å². The monoisotopic (exact) mass is 486 g/mol. The number of rotatable bonds is 3. The predicted octanol–water partition coefficient (Wildman–Crippen LogP) is 2.43. The van der Waals surface area contributed by atoms with Crippen LogP contribution >= 0.6 is 11.6 Å². The Kier molecular flexibility index (Phi) is 5.90. The number of amides is 2. The van der Waals surface area contributed by atoms with Gasteiger partial charge in [0.2, 0.25) is 5.95 Å². The molecule has 34 heavy (non-hydrogen) atoms. The number of hydrogen-bond acceptors (Lipinski definition) is 9. The molecule has 2 aromatic heterocycles. The number of piperazine rings is 1. The van der Waals surface area contributed by atoms with E-state index in [0.717, 1.165) is 12.0 Å². The fourth-order valence-corrected chi connectivity index (χ4v) is 4.51. The predicted molar refractivity (Wildman–Crippen MR) is 126 cm³/mol. The Morgan fingerprint density at radius 1 is 1.24 bits per heavy atom. The molecule has 2 unspecified atom stereocenters. The Balaban J connectivity index is 1.27. The molecule has 2 atom stereocenters. The molecule has 2 amide bonds. The Labute approximate surface area is 200 Å². The van der Waals surface area contributed by atoms with E-state index in [9.17, 15) is 9.18 Å². The van der Waals surface area contributed by atoms with Crippen molar-refractivity contribution in [1.29, 1.82) is 0 Å². The van der Waals surface area contributed by atoms with Gasteiger partial charge in [-0.05, 0) is 26.0 Å². The van der Waals surface area contributed by atoms with Gasteiger partial charge in [0, 0.05) is 45.0 Å². The smallest absolute Gasteiger partial charge is 0.341 e. The number of anilines is 2. The van der Waals surface area contributed by atoms with Crippen LogP contribution in [0.3, 0.4) is 0 Å². The third kappa shape index (κ3) is 4.09. The highest BCUT2D eigenvalue weighted by molar-refractivity contribution is 6.31. The molecule has 0 radical (unpaired) electrons. The summed E-state index contributed by atoms with van der Waals surface area (Å²) in [4.78, 5) is 29.6. The van der Waals surface area contributed by atoms with E-state index in [0.29, 0.717) is 49.3 Å². The van der Waals surface area contributed by atoms with E-state index in [1.54, 1.807) is 34.5 Å². The molecule has 5 heterocycles. The summed E-state index contributed by atoms with van der Waals surface area (Å²) in [7, 11) is 0. The second kappa shape index (κ2) is 9.01. The zero-order chi connectivity index (χ0) is 23.8. The minimum absolute atomic E-state index is 0.130. The van der Waals surface area contributed by atoms with Crippen molar-refractivity contribution in [2.75, 3.05) is 36.1 Å². The third-order valence-electron chi connectivity index (χ3n) is 5.94. The topological polar surface area (TPSA) is 105 Å². The number of pyridine rings is 1. The van der Waals surface area contributed by atoms with Crippen molar-refractivity contribution in [3.05, 3.63) is 41.1 Å². The Bertz CT molecular complexity index is 1150. The quantitative estimate of drug-likeness (QED) is 0.710. The van der Waals surface area contributed by atoms with Crippen molar-refractivity contribution >= 4 is 41.4 Å². The molecule has 0 bridgehead atoms. The highest BCUT2D eigenvalue weighted by Crippen LogP contribution is 2.32. The zero-order valence-corrected chi connectivity index (χ0v) is 19.5. The van der Waals surface area contributed by atoms with Crippen LogP contribution in [0, 0.1) is 5.82 Å².